The minimum absolute atomic E-state index is 0.0944. The highest BCUT2D eigenvalue weighted by Crippen LogP contribution is 2.21. The van der Waals surface area contributed by atoms with Crippen molar-refractivity contribution < 1.29 is 17.7 Å². The van der Waals surface area contributed by atoms with Gasteiger partial charge in [0.25, 0.3) is 0 Å². The first-order valence-corrected chi connectivity index (χ1v) is 17.0. The van der Waals surface area contributed by atoms with Crippen LogP contribution in [0.2, 0.25) is 25.2 Å². The Kier molecular flexibility index (Phi) is 19.1. The van der Waals surface area contributed by atoms with Crippen molar-refractivity contribution in [1.29, 1.82) is 0 Å². The topological polar surface area (TPSA) is 61.0 Å². The molecule has 0 aromatic rings. The maximum atomic E-state index is 6.04. The van der Waals surface area contributed by atoms with Crippen molar-refractivity contribution >= 4 is 17.1 Å². The number of nitrogens with one attached hydrogen (secondary N) is 2. The zero-order chi connectivity index (χ0) is 23.8. The van der Waals surface area contributed by atoms with E-state index in [1.165, 1.54) is 0 Å². The van der Waals surface area contributed by atoms with Gasteiger partial charge in [-0.3, -0.25) is 10.6 Å². The molecule has 0 aliphatic carbocycles. The lowest BCUT2D eigenvalue weighted by molar-refractivity contribution is 0.107. The molecule has 30 heavy (non-hydrogen) atoms. The highest BCUT2D eigenvalue weighted by molar-refractivity contribution is 6.66. The van der Waals surface area contributed by atoms with Crippen molar-refractivity contribution in [2.75, 3.05) is 26.3 Å². The first kappa shape index (κ1) is 32.4. The smallest absolute Gasteiger partial charge is 0.336 e. The molecule has 0 aromatic carbocycles. The van der Waals surface area contributed by atoms with Crippen molar-refractivity contribution in [3.05, 3.63) is 0 Å². The van der Waals surface area contributed by atoms with Gasteiger partial charge in [0.15, 0.2) is 0 Å². The van der Waals surface area contributed by atoms with Gasteiger partial charge in [0, 0.05) is 13.2 Å². The molecule has 0 amide bonds. The summed E-state index contributed by atoms with van der Waals surface area (Å²) in [5, 5.41) is 6.53. The van der Waals surface area contributed by atoms with Crippen LogP contribution in [0.1, 0.15) is 69.2 Å². The average molecular weight is 467 g/mol. The van der Waals surface area contributed by atoms with E-state index in [1.807, 2.05) is 27.7 Å². The van der Waals surface area contributed by atoms with Crippen molar-refractivity contribution in [3.63, 3.8) is 0 Å². The predicted molar refractivity (Wildman–Crippen MR) is 134 cm³/mol. The summed E-state index contributed by atoms with van der Waals surface area (Å²) in [4.78, 5) is 0. The van der Waals surface area contributed by atoms with E-state index in [0.29, 0.717) is 11.8 Å². The molecule has 0 radical (unpaired) electrons. The highest BCUT2D eigenvalue weighted by Gasteiger charge is 2.34. The van der Waals surface area contributed by atoms with Gasteiger partial charge in [-0.2, -0.15) is 0 Å². The van der Waals surface area contributed by atoms with Crippen molar-refractivity contribution in [3.8, 4) is 0 Å². The molecule has 0 aliphatic rings. The zero-order valence-electron chi connectivity index (χ0n) is 22.2. The summed E-state index contributed by atoms with van der Waals surface area (Å²) in [6.45, 7) is 28.9. The van der Waals surface area contributed by atoms with Crippen LogP contribution in [0.4, 0.5) is 0 Å². The van der Waals surface area contributed by atoms with Gasteiger partial charge in [0.05, 0.1) is 12.5 Å². The van der Waals surface area contributed by atoms with Gasteiger partial charge in [-0.1, -0.05) is 41.5 Å². The maximum absolute atomic E-state index is 6.04. The molecule has 0 aromatic heterocycles. The predicted octanol–water partition coefficient (Wildman–Crippen LogP) is 5.45. The number of hydrogen-bond acceptors (Lipinski definition) is 6. The van der Waals surface area contributed by atoms with Crippen LogP contribution in [0, 0.1) is 11.8 Å². The fourth-order valence-electron chi connectivity index (χ4n) is 3.78. The van der Waals surface area contributed by atoms with E-state index in [9.17, 15) is 0 Å². The van der Waals surface area contributed by atoms with Gasteiger partial charge >= 0.3 is 17.1 Å². The molecule has 184 valence electrons. The number of rotatable bonds is 16. The lowest BCUT2D eigenvalue weighted by Gasteiger charge is -2.31. The number of hydrogen-bond donors (Lipinski definition) is 2. The quantitative estimate of drug-likeness (QED) is 0.233. The molecule has 2 N–H and O–H groups in total. The van der Waals surface area contributed by atoms with Crippen LogP contribution in [0.5, 0.6) is 0 Å². The minimum Gasteiger partial charge on any atom is -0.395 e. The van der Waals surface area contributed by atoms with Gasteiger partial charge in [-0.15, -0.1) is 0 Å². The molecule has 0 bridgehead atoms. The second-order valence-corrected chi connectivity index (χ2v) is 15.4. The monoisotopic (exact) mass is 466 g/mol. The van der Waals surface area contributed by atoms with E-state index in [1.54, 1.807) is 0 Å². The van der Waals surface area contributed by atoms with E-state index in [0.717, 1.165) is 38.4 Å². The third-order valence-electron chi connectivity index (χ3n) is 4.29. The van der Waals surface area contributed by atoms with Gasteiger partial charge in [0.1, 0.15) is 0 Å². The van der Waals surface area contributed by atoms with Crippen LogP contribution in [0.15, 0.2) is 0 Å². The molecule has 0 saturated carbocycles. The van der Waals surface area contributed by atoms with Gasteiger partial charge in [-0.05, 0) is 77.8 Å². The summed E-state index contributed by atoms with van der Waals surface area (Å²) in [7, 11) is -3.95. The third kappa shape index (κ3) is 17.8. The van der Waals surface area contributed by atoms with Crippen molar-refractivity contribution in [2.24, 2.45) is 11.8 Å². The van der Waals surface area contributed by atoms with Gasteiger partial charge in [-0.25, -0.2) is 0 Å². The minimum atomic E-state index is -1.98. The summed E-state index contributed by atoms with van der Waals surface area (Å²) in [5.74, 6) is 1.25. The molecular formula is C22H54N2O4Si2. The molecule has 6 nitrogen and oxygen atoms in total. The van der Waals surface area contributed by atoms with Crippen LogP contribution >= 0.6 is 0 Å². The Bertz CT molecular complexity index is 369. The molecular weight excluding hydrogens is 412 g/mol. The molecule has 0 fully saturated rings. The summed E-state index contributed by atoms with van der Waals surface area (Å²) in [5.41, 5.74) is 0. The second-order valence-electron chi connectivity index (χ2n) is 8.97. The first-order valence-electron chi connectivity index (χ1n) is 12.0. The standard InChI is InChI=1S/2C11H27NO2Si/c2*1-7-12-11(5)14-15(6,13-8-2)9-10(3)4/h2*10-12H,7-9H2,1-6H3. The van der Waals surface area contributed by atoms with Crippen LogP contribution in [-0.4, -0.2) is 55.9 Å². The average Bonchev–Trinajstić information content (AvgIpc) is 2.53. The van der Waals surface area contributed by atoms with Crippen LogP contribution in [0.25, 0.3) is 0 Å². The molecule has 0 saturated heterocycles. The van der Waals surface area contributed by atoms with Crippen LogP contribution < -0.4 is 10.6 Å². The lowest BCUT2D eigenvalue weighted by Crippen LogP contribution is -2.46. The summed E-state index contributed by atoms with van der Waals surface area (Å²) < 4.78 is 23.7. The van der Waals surface area contributed by atoms with Gasteiger partial charge in [0.2, 0.25) is 0 Å². The maximum Gasteiger partial charge on any atom is 0.336 e. The van der Waals surface area contributed by atoms with Gasteiger partial charge < -0.3 is 17.7 Å². The Balaban J connectivity index is 0. The molecule has 8 heteroatoms. The largest absolute Gasteiger partial charge is 0.395 e. The van der Waals surface area contributed by atoms with Crippen LogP contribution in [0.3, 0.4) is 0 Å². The lowest BCUT2D eigenvalue weighted by atomic mass is 10.3. The van der Waals surface area contributed by atoms with Crippen molar-refractivity contribution in [2.45, 2.75) is 107 Å². The summed E-state index contributed by atoms with van der Waals surface area (Å²) in [6.07, 6.45) is 0.189. The molecule has 0 spiro atoms. The molecule has 0 rings (SSSR count). The van der Waals surface area contributed by atoms with E-state index >= 15 is 0 Å². The molecule has 0 heterocycles. The van der Waals surface area contributed by atoms with E-state index in [-0.39, 0.29) is 12.5 Å². The highest BCUT2D eigenvalue weighted by atomic mass is 28.4. The van der Waals surface area contributed by atoms with E-state index in [4.69, 9.17) is 17.7 Å². The van der Waals surface area contributed by atoms with Crippen molar-refractivity contribution in [1.82, 2.24) is 10.6 Å². The summed E-state index contributed by atoms with van der Waals surface area (Å²) in [6, 6.07) is 2.10. The summed E-state index contributed by atoms with van der Waals surface area (Å²) >= 11 is 0. The van der Waals surface area contributed by atoms with E-state index < -0.39 is 17.1 Å². The Morgan fingerprint density at radius 2 is 0.900 bits per heavy atom. The van der Waals surface area contributed by atoms with Crippen LogP contribution in [-0.2, 0) is 17.7 Å². The Morgan fingerprint density at radius 1 is 0.600 bits per heavy atom. The Labute approximate surface area is 190 Å². The normalized spacial score (nSPS) is 17.8. The fourth-order valence-corrected chi connectivity index (χ4v) is 10.2. The second kappa shape index (κ2) is 17.7. The SMILES string of the molecule is CCNC(C)O[Si](C)(CC(C)C)OCC.CCNC(C)O[Si](C)(CC(C)C)OCC. The fraction of sp³-hybridized carbons (Fsp3) is 1.00. The Morgan fingerprint density at radius 3 is 1.10 bits per heavy atom. The van der Waals surface area contributed by atoms with E-state index in [2.05, 4.69) is 65.3 Å². The molecule has 0 aliphatic heterocycles. The Hall–Kier alpha value is 0.194. The third-order valence-corrected chi connectivity index (χ3v) is 10.9. The molecule has 4 atom stereocenters. The zero-order valence-corrected chi connectivity index (χ0v) is 24.2. The first-order chi connectivity index (χ1) is 13.9. The molecule has 4 unspecified atom stereocenters.